The Morgan fingerprint density at radius 3 is 1.59 bits per heavy atom. The van der Waals surface area contributed by atoms with E-state index in [4.69, 9.17) is 4.74 Å². The molecule has 0 aliphatic carbocycles. The van der Waals surface area contributed by atoms with Gasteiger partial charge in [-0.05, 0) is 62.9 Å². The zero-order valence-corrected chi connectivity index (χ0v) is 26.2. The van der Waals surface area contributed by atoms with Crippen molar-refractivity contribution in [1.82, 2.24) is 0 Å². The number of hydrogen-bond acceptors (Lipinski definition) is 3. The molecule has 37 heavy (non-hydrogen) atoms. The molecular weight excluding hydrogens is 472 g/mol. The number of unbranched alkanes of at least 4 members (excludes halogenated alkanes) is 3. The predicted octanol–water partition coefficient (Wildman–Crippen LogP) is 7.46. The molecule has 4 heteroatoms. The monoisotopic (exact) mass is 522 g/mol. The molecule has 204 valence electrons. The van der Waals surface area contributed by atoms with Gasteiger partial charge in [-0.2, -0.15) is 0 Å². The summed E-state index contributed by atoms with van der Waals surface area (Å²) in [5.74, 6) is 16.2. The van der Waals surface area contributed by atoms with E-state index in [1.807, 2.05) is 12.1 Å². The van der Waals surface area contributed by atoms with Crippen LogP contribution in [0.1, 0.15) is 119 Å². The Morgan fingerprint density at radius 1 is 0.757 bits per heavy atom. The third-order valence-electron chi connectivity index (χ3n) is 6.63. The van der Waals surface area contributed by atoms with Crippen LogP contribution >= 0.6 is 0 Å². The van der Waals surface area contributed by atoms with Gasteiger partial charge in [-0.15, -0.1) is 5.54 Å². The lowest BCUT2D eigenvalue weighted by atomic mass is 10.0. The molecule has 0 amide bonds. The van der Waals surface area contributed by atoms with Gasteiger partial charge in [0.05, 0.1) is 17.7 Å². The van der Waals surface area contributed by atoms with Crippen molar-refractivity contribution in [1.29, 1.82) is 0 Å². The maximum Gasteiger partial charge on any atom is 0.150 e. The van der Waals surface area contributed by atoms with Crippen molar-refractivity contribution in [2.45, 2.75) is 130 Å². The van der Waals surface area contributed by atoms with Crippen molar-refractivity contribution in [2.24, 2.45) is 0 Å². The van der Waals surface area contributed by atoms with Gasteiger partial charge in [0.2, 0.25) is 0 Å². The summed E-state index contributed by atoms with van der Waals surface area (Å²) in [5.41, 5.74) is 5.22. The summed E-state index contributed by atoms with van der Waals surface area (Å²) >= 11 is 0. The van der Waals surface area contributed by atoms with E-state index < -0.39 is 19.3 Å². The van der Waals surface area contributed by atoms with Gasteiger partial charge in [0.15, 0.2) is 5.75 Å². The summed E-state index contributed by atoms with van der Waals surface area (Å²) in [6, 6.07) is 3.92. The molecule has 1 rings (SSSR count). The maximum atomic E-state index is 10.3. The second kappa shape index (κ2) is 14.1. The molecule has 0 aromatic heterocycles. The molecule has 0 radical (unpaired) electrons. The van der Waals surface area contributed by atoms with Crippen LogP contribution in [0, 0.1) is 35.1 Å². The highest BCUT2D eigenvalue weighted by Crippen LogP contribution is 2.41. The standard InChI is InChI=1S/C33H50O3Si/c1-12-13-14-15-21-36-31-29(16-19-32(8,9)34)23-28(24-30(31)17-20-33(10,11)35)18-22-37(25(2)3,26(4)5)27(6)7/h23-27,34-35H,12-15,21H2,1-11H3. The first-order valence-corrected chi connectivity index (χ1v) is 16.1. The van der Waals surface area contributed by atoms with Crippen LogP contribution in [0.3, 0.4) is 0 Å². The Balaban J connectivity index is 3.82. The SMILES string of the molecule is CCCCCCOc1c(C#CC(C)(C)O)cc(C#C[Si](C(C)C)(C(C)C)C(C)C)cc1C#CC(C)(C)O. The van der Waals surface area contributed by atoms with Gasteiger partial charge in [-0.1, -0.05) is 97.3 Å². The fourth-order valence-electron chi connectivity index (χ4n) is 4.80. The molecule has 0 aliphatic rings. The lowest BCUT2D eigenvalue weighted by molar-refractivity contribution is 0.143. The smallest absolute Gasteiger partial charge is 0.150 e. The van der Waals surface area contributed by atoms with E-state index >= 15 is 0 Å². The van der Waals surface area contributed by atoms with Gasteiger partial charge in [-0.3, -0.25) is 0 Å². The molecule has 0 aliphatic heterocycles. The molecule has 0 fully saturated rings. The van der Waals surface area contributed by atoms with Crippen LogP contribution in [0.15, 0.2) is 12.1 Å². The largest absolute Gasteiger partial charge is 0.491 e. The summed E-state index contributed by atoms with van der Waals surface area (Å²) in [6.07, 6.45) is 4.37. The molecule has 0 atom stereocenters. The van der Waals surface area contributed by atoms with Crippen LogP contribution in [-0.4, -0.2) is 36.1 Å². The first-order chi connectivity index (χ1) is 17.0. The third-order valence-corrected chi connectivity index (χ3v) is 12.9. The van der Waals surface area contributed by atoms with Gasteiger partial charge in [0, 0.05) is 5.56 Å². The molecule has 0 unspecified atom stereocenters. The molecule has 0 saturated carbocycles. The second-order valence-electron chi connectivity index (χ2n) is 12.1. The van der Waals surface area contributed by atoms with Gasteiger partial charge in [0.25, 0.3) is 0 Å². The average Bonchev–Trinajstić information content (AvgIpc) is 2.75. The van der Waals surface area contributed by atoms with Crippen molar-refractivity contribution in [2.75, 3.05) is 6.61 Å². The van der Waals surface area contributed by atoms with Crippen LogP contribution in [0.2, 0.25) is 16.6 Å². The molecule has 2 N–H and O–H groups in total. The number of ether oxygens (including phenoxy) is 1. The van der Waals surface area contributed by atoms with Crippen molar-refractivity contribution in [3.05, 3.63) is 28.8 Å². The molecule has 0 saturated heterocycles. The van der Waals surface area contributed by atoms with Gasteiger partial charge in [-0.25, -0.2) is 0 Å². The Morgan fingerprint density at radius 2 is 1.22 bits per heavy atom. The molecule has 0 spiro atoms. The predicted molar refractivity (Wildman–Crippen MR) is 160 cm³/mol. The number of rotatable bonds is 9. The highest BCUT2D eigenvalue weighted by molar-refractivity contribution is 6.90. The minimum absolute atomic E-state index is 0.523. The van der Waals surface area contributed by atoms with E-state index in [-0.39, 0.29) is 0 Å². The van der Waals surface area contributed by atoms with Gasteiger partial charge < -0.3 is 14.9 Å². The van der Waals surface area contributed by atoms with Crippen LogP contribution in [-0.2, 0) is 0 Å². The minimum Gasteiger partial charge on any atom is -0.491 e. The van der Waals surface area contributed by atoms with E-state index in [2.05, 4.69) is 83.6 Å². The summed E-state index contributed by atoms with van der Waals surface area (Å²) in [4.78, 5) is 0. The molecule has 0 heterocycles. The Hall–Kier alpha value is -2.16. The third kappa shape index (κ3) is 10.6. The molecule has 1 aromatic rings. The zero-order chi connectivity index (χ0) is 28.4. The van der Waals surface area contributed by atoms with Gasteiger partial charge in [0.1, 0.15) is 19.3 Å². The first kappa shape index (κ1) is 32.9. The average molecular weight is 523 g/mol. The summed E-state index contributed by atoms with van der Waals surface area (Å²) < 4.78 is 6.25. The number of aliphatic hydroxyl groups is 2. The molecule has 0 bridgehead atoms. The Kier molecular flexibility index (Phi) is 12.5. The van der Waals surface area contributed by atoms with E-state index in [0.717, 1.165) is 24.8 Å². The lowest BCUT2D eigenvalue weighted by Gasteiger charge is -2.38. The van der Waals surface area contributed by atoms with Crippen molar-refractivity contribution in [3.63, 3.8) is 0 Å². The van der Waals surface area contributed by atoms with Crippen molar-refractivity contribution >= 4 is 8.07 Å². The lowest BCUT2D eigenvalue weighted by Crippen LogP contribution is -2.43. The summed E-state index contributed by atoms with van der Waals surface area (Å²) in [5, 5.41) is 20.6. The molecule has 3 nitrogen and oxygen atoms in total. The minimum atomic E-state index is -1.93. The van der Waals surface area contributed by atoms with Crippen molar-refractivity contribution in [3.8, 4) is 40.9 Å². The normalized spacial score (nSPS) is 12.0. The van der Waals surface area contributed by atoms with E-state index in [9.17, 15) is 10.2 Å². The van der Waals surface area contributed by atoms with E-state index in [0.29, 0.717) is 40.1 Å². The first-order valence-electron chi connectivity index (χ1n) is 13.9. The van der Waals surface area contributed by atoms with Crippen LogP contribution in [0.5, 0.6) is 5.75 Å². The zero-order valence-electron chi connectivity index (χ0n) is 25.2. The fraction of sp³-hybridized carbons (Fsp3) is 0.636. The number of hydrogen-bond donors (Lipinski definition) is 2. The summed E-state index contributed by atoms with van der Waals surface area (Å²) in [6.45, 7) is 23.2. The van der Waals surface area contributed by atoms with Crippen LogP contribution < -0.4 is 4.74 Å². The quantitative estimate of drug-likeness (QED) is 0.201. The number of benzene rings is 1. The van der Waals surface area contributed by atoms with E-state index in [1.165, 1.54) is 6.42 Å². The Labute approximate surface area is 228 Å². The summed E-state index contributed by atoms with van der Waals surface area (Å²) in [7, 11) is -1.93. The fourth-order valence-corrected chi connectivity index (χ4v) is 10.0. The Bertz CT molecular complexity index is 990. The van der Waals surface area contributed by atoms with Gasteiger partial charge >= 0.3 is 0 Å². The highest BCUT2D eigenvalue weighted by Gasteiger charge is 2.41. The topological polar surface area (TPSA) is 49.7 Å². The second-order valence-corrected chi connectivity index (χ2v) is 17.7. The highest BCUT2D eigenvalue weighted by atomic mass is 28.3. The van der Waals surface area contributed by atoms with Crippen LogP contribution in [0.25, 0.3) is 0 Å². The maximum absolute atomic E-state index is 10.3. The van der Waals surface area contributed by atoms with Crippen molar-refractivity contribution < 1.29 is 14.9 Å². The van der Waals surface area contributed by atoms with Crippen LogP contribution in [0.4, 0.5) is 0 Å². The molecule has 1 aromatic carbocycles. The van der Waals surface area contributed by atoms with E-state index in [1.54, 1.807) is 27.7 Å². The molecular formula is C33H50O3Si.